The second kappa shape index (κ2) is 3.90. The average molecular weight is 195 g/mol. The lowest BCUT2D eigenvalue weighted by atomic mass is 10.1. The molecule has 0 aliphatic carbocycles. The smallest absolute Gasteiger partial charge is 0.218 e. The van der Waals surface area contributed by atoms with Crippen molar-refractivity contribution in [1.29, 1.82) is 0 Å². The molecule has 1 aliphatic rings. The third-order valence-electron chi connectivity index (χ3n) is 2.81. The van der Waals surface area contributed by atoms with Gasteiger partial charge in [-0.2, -0.15) is 4.39 Å². The van der Waals surface area contributed by atoms with E-state index < -0.39 is 5.95 Å². The normalized spacial score (nSPS) is 21.6. The maximum atomic E-state index is 12.8. The lowest BCUT2D eigenvalue weighted by Gasteiger charge is -2.16. The highest BCUT2D eigenvalue weighted by Gasteiger charge is 2.22. The van der Waals surface area contributed by atoms with Gasteiger partial charge in [0.2, 0.25) is 5.95 Å². The maximum Gasteiger partial charge on any atom is 0.218 e. The van der Waals surface area contributed by atoms with Crippen LogP contribution in [0.15, 0.2) is 12.4 Å². The molecule has 0 amide bonds. The number of aromatic nitrogens is 2. The number of hydrogen-bond acceptors (Lipinski definition) is 3. The first-order valence-electron chi connectivity index (χ1n) is 5.02. The molecule has 1 unspecified atom stereocenters. The van der Waals surface area contributed by atoms with E-state index in [-0.39, 0.29) is 0 Å². The molecule has 0 aromatic carbocycles. The van der Waals surface area contributed by atoms with Crippen LogP contribution in [0.25, 0.3) is 0 Å². The first kappa shape index (κ1) is 9.37. The van der Waals surface area contributed by atoms with E-state index in [1.807, 2.05) is 0 Å². The Morgan fingerprint density at radius 2 is 2.43 bits per heavy atom. The summed E-state index contributed by atoms with van der Waals surface area (Å²) in [7, 11) is 0. The van der Waals surface area contributed by atoms with Crippen LogP contribution in [0.4, 0.5) is 10.2 Å². The third-order valence-corrected chi connectivity index (χ3v) is 2.81. The predicted octanol–water partition coefficient (Wildman–Crippen LogP) is 1.85. The van der Waals surface area contributed by atoms with Crippen LogP contribution in [0, 0.1) is 11.9 Å². The summed E-state index contributed by atoms with van der Waals surface area (Å²) in [6.07, 6.45) is 3.65. The fourth-order valence-corrected chi connectivity index (χ4v) is 1.87. The highest BCUT2D eigenvalue weighted by Crippen LogP contribution is 2.23. The summed E-state index contributed by atoms with van der Waals surface area (Å²) in [5, 5.41) is 0. The number of hydrogen-bond donors (Lipinski definition) is 0. The fourth-order valence-electron chi connectivity index (χ4n) is 1.87. The zero-order chi connectivity index (χ0) is 9.97. The van der Waals surface area contributed by atoms with Crippen molar-refractivity contribution in [3.63, 3.8) is 0 Å². The van der Waals surface area contributed by atoms with Crippen LogP contribution in [-0.4, -0.2) is 23.1 Å². The van der Waals surface area contributed by atoms with Gasteiger partial charge in [0.05, 0.1) is 0 Å². The molecule has 0 spiro atoms. The number of halogens is 1. The van der Waals surface area contributed by atoms with E-state index in [0.29, 0.717) is 5.82 Å². The van der Waals surface area contributed by atoms with Crippen LogP contribution >= 0.6 is 0 Å². The minimum atomic E-state index is -0.449. The summed E-state index contributed by atoms with van der Waals surface area (Å²) in [6.45, 7) is 4.16. The zero-order valence-electron chi connectivity index (χ0n) is 8.28. The Hall–Kier alpha value is -1.19. The Morgan fingerprint density at radius 3 is 3.07 bits per heavy atom. The Balaban J connectivity index is 2.09. The van der Waals surface area contributed by atoms with E-state index >= 15 is 0 Å². The third kappa shape index (κ3) is 1.84. The molecule has 0 radical (unpaired) electrons. The van der Waals surface area contributed by atoms with Crippen molar-refractivity contribution in [2.75, 3.05) is 18.0 Å². The molecule has 4 heteroatoms. The molecule has 1 saturated heterocycles. The molecule has 1 aliphatic heterocycles. The van der Waals surface area contributed by atoms with Gasteiger partial charge in [-0.3, -0.25) is 0 Å². The van der Waals surface area contributed by atoms with Crippen LogP contribution < -0.4 is 4.90 Å². The largest absolute Gasteiger partial charge is 0.356 e. The molecular weight excluding hydrogens is 181 g/mol. The van der Waals surface area contributed by atoms with Gasteiger partial charge in [-0.05, 0) is 12.3 Å². The van der Waals surface area contributed by atoms with E-state index in [2.05, 4.69) is 21.8 Å². The van der Waals surface area contributed by atoms with Crippen molar-refractivity contribution in [2.24, 2.45) is 5.92 Å². The first-order chi connectivity index (χ1) is 6.79. The summed E-state index contributed by atoms with van der Waals surface area (Å²) in [4.78, 5) is 9.64. The van der Waals surface area contributed by atoms with Crippen LogP contribution in [0.3, 0.4) is 0 Å². The van der Waals surface area contributed by atoms with Crippen molar-refractivity contribution < 1.29 is 4.39 Å². The van der Waals surface area contributed by atoms with Crippen LogP contribution in [0.2, 0.25) is 0 Å². The zero-order valence-corrected chi connectivity index (χ0v) is 8.28. The quantitative estimate of drug-likeness (QED) is 0.674. The molecule has 0 N–H and O–H groups in total. The molecule has 1 fully saturated rings. The Morgan fingerprint density at radius 1 is 1.57 bits per heavy atom. The molecule has 1 atom stereocenters. The minimum absolute atomic E-state index is 0.449. The number of rotatable bonds is 2. The molecule has 14 heavy (non-hydrogen) atoms. The standard InChI is InChI=1S/C10H14FN3/c1-2-8-3-4-14(6-8)10-5-9(11)12-7-13-10/h5,7-8H,2-4,6H2,1H3. The van der Waals surface area contributed by atoms with Crippen LogP contribution in [0.1, 0.15) is 19.8 Å². The lowest BCUT2D eigenvalue weighted by molar-refractivity contribution is 0.566. The van der Waals surface area contributed by atoms with E-state index in [0.717, 1.165) is 19.0 Å². The molecular formula is C10H14FN3. The SMILES string of the molecule is CCC1CCN(c2cc(F)ncn2)C1. The van der Waals surface area contributed by atoms with Gasteiger partial charge < -0.3 is 4.90 Å². The van der Waals surface area contributed by atoms with Gasteiger partial charge in [0.25, 0.3) is 0 Å². The van der Waals surface area contributed by atoms with Gasteiger partial charge in [0.1, 0.15) is 12.1 Å². The molecule has 1 aromatic rings. The van der Waals surface area contributed by atoms with Gasteiger partial charge in [-0.1, -0.05) is 13.3 Å². The predicted molar refractivity (Wildman–Crippen MR) is 52.6 cm³/mol. The number of anilines is 1. The molecule has 76 valence electrons. The van der Waals surface area contributed by atoms with Gasteiger partial charge in [-0.15, -0.1) is 0 Å². The van der Waals surface area contributed by atoms with Crippen molar-refractivity contribution in [1.82, 2.24) is 9.97 Å². The van der Waals surface area contributed by atoms with Crippen LogP contribution in [0.5, 0.6) is 0 Å². The lowest BCUT2D eigenvalue weighted by Crippen LogP contribution is -2.20. The molecule has 3 nitrogen and oxygen atoms in total. The second-order valence-corrected chi connectivity index (χ2v) is 3.71. The van der Waals surface area contributed by atoms with Gasteiger partial charge in [0.15, 0.2) is 0 Å². The second-order valence-electron chi connectivity index (χ2n) is 3.71. The highest BCUT2D eigenvalue weighted by atomic mass is 19.1. The topological polar surface area (TPSA) is 29.0 Å². The average Bonchev–Trinajstić information content (AvgIpc) is 2.66. The van der Waals surface area contributed by atoms with Crippen LogP contribution in [-0.2, 0) is 0 Å². The van der Waals surface area contributed by atoms with E-state index in [4.69, 9.17) is 0 Å². The first-order valence-corrected chi connectivity index (χ1v) is 5.02. The van der Waals surface area contributed by atoms with E-state index in [1.165, 1.54) is 25.2 Å². The van der Waals surface area contributed by atoms with Gasteiger partial charge in [0, 0.05) is 19.2 Å². The van der Waals surface area contributed by atoms with Crippen molar-refractivity contribution in [2.45, 2.75) is 19.8 Å². The Labute approximate surface area is 83.0 Å². The van der Waals surface area contributed by atoms with Crippen molar-refractivity contribution in [3.05, 3.63) is 18.3 Å². The molecule has 2 rings (SSSR count). The summed E-state index contributed by atoms with van der Waals surface area (Å²) in [5.41, 5.74) is 0. The Bertz CT molecular complexity index is 316. The molecule has 0 bridgehead atoms. The molecule has 2 heterocycles. The maximum absolute atomic E-state index is 12.8. The highest BCUT2D eigenvalue weighted by molar-refractivity contribution is 5.38. The summed E-state index contributed by atoms with van der Waals surface area (Å²) >= 11 is 0. The molecule has 1 aromatic heterocycles. The summed E-state index contributed by atoms with van der Waals surface area (Å²) in [6, 6.07) is 1.40. The molecule has 0 saturated carbocycles. The monoisotopic (exact) mass is 195 g/mol. The summed E-state index contributed by atoms with van der Waals surface area (Å²) < 4.78 is 12.8. The van der Waals surface area contributed by atoms with Gasteiger partial charge >= 0.3 is 0 Å². The number of nitrogens with zero attached hydrogens (tertiary/aromatic N) is 3. The Kier molecular flexibility index (Phi) is 2.61. The van der Waals surface area contributed by atoms with Crippen molar-refractivity contribution in [3.8, 4) is 0 Å². The minimum Gasteiger partial charge on any atom is -0.356 e. The van der Waals surface area contributed by atoms with Crippen molar-refractivity contribution >= 4 is 5.82 Å². The van der Waals surface area contributed by atoms with E-state index in [9.17, 15) is 4.39 Å². The van der Waals surface area contributed by atoms with E-state index in [1.54, 1.807) is 0 Å². The van der Waals surface area contributed by atoms with Gasteiger partial charge in [-0.25, -0.2) is 9.97 Å². The fraction of sp³-hybridized carbons (Fsp3) is 0.600. The summed E-state index contributed by atoms with van der Waals surface area (Å²) in [5.74, 6) is 0.997.